The second-order valence-corrected chi connectivity index (χ2v) is 6.90. The summed E-state index contributed by atoms with van der Waals surface area (Å²) in [6.45, 7) is 8.88. The molecule has 92 valence electrons. The van der Waals surface area contributed by atoms with Crippen molar-refractivity contribution in [1.82, 2.24) is 5.32 Å². The van der Waals surface area contributed by atoms with Crippen LogP contribution in [0, 0.1) is 16.7 Å². The number of rotatable bonds is 3. The van der Waals surface area contributed by atoms with Crippen molar-refractivity contribution in [3.8, 4) is 0 Å². The predicted molar refractivity (Wildman–Crippen MR) is 66.3 cm³/mol. The first-order valence-corrected chi connectivity index (χ1v) is 6.66. The lowest BCUT2D eigenvalue weighted by Gasteiger charge is -2.23. The highest BCUT2D eigenvalue weighted by molar-refractivity contribution is 5.84. The van der Waals surface area contributed by atoms with Gasteiger partial charge in [0.1, 0.15) is 5.78 Å². The second kappa shape index (κ2) is 4.14. The summed E-state index contributed by atoms with van der Waals surface area (Å²) < 4.78 is 0. The van der Waals surface area contributed by atoms with E-state index in [4.69, 9.17) is 0 Å². The van der Waals surface area contributed by atoms with Gasteiger partial charge in [-0.1, -0.05) is 20.8 Å². The Kier molecular flexibility index (Phi) is 3.13. The standard InChI is InChI=1S/C14H25NO/c1-13(2,3)5-4-12(16)11-10-14(11)6-8-15-9-7-14/h11,15H,4-10H2,1-3H3. The normalized spacial score (nSPS) is 28.1. The fourth-order valence-electron chi connectivity index (χ4n) is 2.95. The summed E-state index contributed by atoms with van der Waals surface area (Å²) in [5.74, 6) is 0.953. The third-order valence-electron chi connectivity index (χ3n) is 4.30. The van der Waals surface area contributed by atoms with E-state index in [0.717, 1.165) is 25.9 Å². The zero-order valence-corrected chi connectivity index (χ0v) is 10.9. The number of ketones is 1. The monoisotopic (exact) mass is 223 g/mol. The first kappa shape index (κ1) is 12.1. The molecule has 1 saturated heterocycles. The maximum absolute atomic E-state index is 12.1. The van der Waals surface area contributed by atoms with Crippen molar-refractivity contribution in [3.63, 3.8) is 0 Å². The number of carbonyl (C=O) groups excluding carboxylic acids is 1. The molecule has 0 radical (unpaired) electrons. The summed E-state index contributed by atoms with van der Waals surface area (Å²) in [6, 6.07) is 0. The van der Waals surface area contributed by atoms with Crippen LogP contribution < -0.4 is 5.32 Å². The molecule has 16 heavy (non-hydrogen) atoms. The number of hydrogen-bond donors (Lipinski definition) is 1. The third kappa shape index (κ3) is 2.65. The first-order chi connectivity index (χ1) is 7.43. The van der Waals surface area contributed by atoms with Crippen molar-refractivity contribution in [2.45, 2.75) is 52.9 Å². The van der Waals surface area contributed by atoms with E-state index < -0.39 is 0 Å². The number of carbonyl (C=O) groups is 1. The molecular formula is C14H25NO. The summed E-state index contributed by atoms with van der Waals surface area (Å²) in [4.78, 5) is 12.1. The Labute approximate surface area is 99.2 Å². The smallest absolute Gasteiger partial charge is 0.136 e. The summed E-state index contributed by atoms with van der Waals surface area (Å²) in [7, 11) is 0. The first-order valence-electron chi connectivity index (χ1n) is 6.66. The van der Waals surface area contributed by atoms with Crippen molar-refractivity contribution < 1.29 is 4.79 Å². The van der Waals surface area contributed by atoms with E-state index in [0.29, 0.717) is 22.5 Å². The van der Waals surface area contributed by atoms with Gasteiger partial charge in [0.15, 0.2) is 0 Å². The van der Waals surface area contributed by atoms with E-state index in [2.05, 4.69) is 26.1 Å². The van der Waals surface area contributed by atoms with Crippen LogP contribution >= 0.6 is 0 Å². The molecule has 0 amide bonds. The Bertz CT molecular complexity index is 271. The summed E-state index contributed by atoms with van der Waals surface area (Å²) in [5, 5.41) is 3.38. The highest BCUT2D eigenvalue weighted by atomic mass is 16.1. The maximum Gasteiger partial charge on any atom is 0.136 e. The average Bonchev–Trinajstić information content (AvgIpc) is 2.89. The topological polar surface area (TPSA) is 29.1 Å². The van der Waals surface area contributed by atoms with Crippen LogP contribution in [0.4, 0.5) is 0 Å². The summed E-state index contributed by atoms with van der Waals surface area (Å²) in [6.07, 6.45) is 5.45. The zero-order valence-electron chi connectivity index (χ0n) is 10.9. The number of Topliss-reactive ketones (excluding diaryl/α,β-unsaturated/α-hetero) is 1. The molecule has 1 N–H and O–H groups in total. The second-order valence-electron chi connectivity index (χ2n) is 6.90. The molecule has 2 heteroatoms. The van der Waals surface area contributed by atoms with Crippen LogP contribution in [0.3, 0.4) is 0 Å². The third-order valence-corrected chi connectivity index (χ3v) is 4.30. The van der Waals surface area contributed by atoms with Crippen molar-refractivity contribution in [3.05, 3.63) is 0 Å². The fraction of sp³-hybridized carbons (Fsp3) is 0.929. The molecule has 0 bridgehead atoms. The Morgan fingerprint density at radius 1 is 1.31 bits per heavy atom. The lowest BCUT2D eigenvalue weighted by molar-refractivity contribution is -0.121. The Balaban J connectivity index is 1.80. The van der Waals surface area contributed by atoms with E-state index in [-0.39, 0.29) is 0 Å². The minimum atomic E-state index is 0.297. The highest BCUT2D eigenvalue weighted by Gasteiger charge is 2.56. The van der Waals surface area contributed by atoms with Crippen LogP contribution in [0.5, 0.6) is 0 Å². The Hall–Kier alpha value is -0.370. The van der Waals surface area contributed by atoms with E-state index in [9.17, 15) is 4.79 Å². The van der Waals surface area contributed by atoms with E-state index in [1.165, 1.54) is 19.3 Å². The molecule has 0 aromatic carbocycles. The molecule has 2 nitrogen and oxygen atoms in total. The van der Waals surface area contributed by atoms with Crippen LogP contribution in [0.25, 0.3) is 0 Å². The average molecular weight is 223 g/mol. The van der Waals surface area contributed by atoms with Crippen molar-refractivity contribution in [1.29, 1.82) is 0 Å². The lowest BCUT2D eigenvalue weighted by Crippen LogP contribution is -2.30. The van der Waals surface area contributed by atoms with Gasteiger partial charge in [-0.2, -0.15) is 0 Å². The zero-order chi connectivity index (χ0) is 11.8. The van der Waals surface area contributed by atoms with Gasteiger partial charge < -0.3 is 5.32 Å². The highest BCUT2D eigenvalue weighted by Crippen LogP contribution is 2.59. The molecule has 1 aliphatic heterocycles. The Morgan fingerprint density at radius 2 is 1.94 bits per heavy atom. The number of nitrogens with one attached hydrogen (secondary N) is 1. The van der Waals surface area contributed by atoms with Crippen LogP contribution in [-0.4, -0.2) is 18.9 Å². The maximum atomic E-state index is 12.1. The van der Waals surface area contributed by atoms with Crippen LogP contribution in [0.2, 0.25) is 0 Å². The predicted octanol–water partition coefficient (Wildman–Crippen LogP) is 2.77. The molecule has 1 heterocycles. The van der Waals surface area contributed by atoms with Crippen molar-refractivity contribution in [2.24, 2.45) is 16.7 Å². The molecule has 2 fully saturated rings. The summed E-state index contributed by atoms with van der Waals surface area (Å²) in [5.41, 5.74) is 0.728. The van der Waals surface area contributed by atoms with Crippen molar-refractivity contribution in [2.75, 3.05) is 13.1 Å². The molecule has 0 aromatic heterocycles. The molecule has 1 spiro atoms. The van der Waals surface area contributed by atoms with Crippen LogP contribution in [0.15, 0.2) is 0 Å². The Morgan fingerprint density at radius 3 is 2.50 bits per heavy atom. The molecule has 0 aromatic rings. The minimum Gasteiger partial charge on any atom is -0.317 e. The lowest BCUT2D eigenvalue weighted by atomic mass is 9.86. The van der Waals surface area contributed by atoms with Crippen LogP contribution in [-0.2, 0) is 4.79 Å². The van der Waals surface area contributed by atoms with Gasteiger partial charge in [0.2, 0.25) is 0 Å². The molecule has 1 aliphatic carbocycles. The molecule has 1 atom stereocenters. The largest absolute Gasteiger partial charge is 0.317 e. The molecule has 2 rings (SSSR count). The van der Waals surface area contributed by atoms with Gasteiger partial charge in [-0.15, -0.1) is 0 Å². The van der Waals surface area contributed by atoms with Gasteiger partial charge >= 0.3 is 0 Å². The van der Waals surface area contributed by atoms with Gasteiger partial charge in [-0.3, -0.25) is 4.79 Å². The molecule has 1 unspecified atom stereocenters. The quantitative estimate of drug-likeness (QED) is 0.797. The van der Waals surface area contributed by atoms with Crippen molar-refractivity contribution >= 4 is 5.78 Å². The van der Waals surface area contributed by atoms with Gasteiger partial charge in [-0.05, 0) is 49.6 Å². The SMILES string of the molecule is CC(C)(C)CCC(=O)C1CC12CCNCC2. The van der Waals surface area contributed by atoms with E-state index >= 15 is 0 Å². The molecule has 1 saturated carbocycles. The summed E-state index contributed by atoms with van der Waals surface area (Å²) >= 11 is 0. The van der Waals surface area contributed by atoms with E-state index in [1.807, 2.05) is 0 Å². The van der Waals surface area contributed by atoms with Gasteiger partial charge in [0.05, 0.1) is 0 Å². The van der Waals surface area contributed by atoms with Crippen LogP contribution in [0.1, 0.15) is 52.9 Å². The van der Waals surface area contributed by atoms with Gasteiger partial charge in [-0.25, -0.2) is 0 Å². The van der Waals surface area contributed by atoms with Gasteiger partial charge in [0.25, 0.3) is 0 Å². The number of piperidine rings is 1. The fourth-order valence-corrected chi connectivity index (χ4v) is 2.95. The van der Waals surface area contributed by atoms with E-state index in [1.54, 1.807) is 0 Å². The minimum absolute atomic E-state index is 0.297. The molecule has 2 aliphatic rings. The molecular weight excluding hydrogens is 198 g/mol. The number of hydrogen-bond acceptors (Lipinski definition) is 2. The van der Waals surface area contributed by atoms with Gasteiger partial charge in [0, 0.05) is 12.3 Å².